The second-order valence-corrected chi connectivity index (χ2v) is 8.89. The molecule has 0 radical (unpaired) electrons. The predicted molar refractivity (Wildman–Crippen MR) is 144 cm³/mol. The van der Waals surface area contributed by atoms with Crippen molar-refractivity contribution in [2.75, 3.05) is 45.4 Å². The molecule has 186 valence electrons. The molecule has 0 aliphatic carbocycles. The monoisotopic (exact) mass is 485 g/mol. The minimum atomic E-state index is -0.110. The smallest absolute Gasteiger partial charge is 0.250 e. The first kappa shape index (κ1) is 24.9. The number of ether oxygens (including phenoxy) is 1. The van der Waals surface area contributed by atoms with E-state index in [1.54, 1.807) is 29.8 Å². The van der Waals surface area contributed by atoms with Gasteiger partial charge in [0.25, 0.3) is 0 Å². The summed E-state index contributed by atoms with van der Waals surface area (Å²) in [5.41, 5.74) is 11.8. The van der Waals surface area contributed by atoms with E-state index in [1.807, 2.05) is 75.3 Å². The number of methoxy groups -OCH3 is 1. The minimum absolute atomic E-state index is 0.110. The number of aromatic nitrogens is 4. The van der Waals surface area contributed by atoms with Crippen molar-refractivity contribution in [2.24, 2.45) is 0 Å². The summed E-state index contributed by atoms with van der Waals surface area (Å²) in [6, 6.07) is 11.7. The van der Waals surface area contributed by atoms with E-state index >= 15 is 0 Å². The average Bonchev–Trinajstić information content (AvgIpc) is 3.24. The average molecular weight is 486 g/mol. The third-order valence-electron chi connectivity index (χ3n) is 6.10. The highest BCUT2D eigenvalue weighted by atomic mass is 16.5. The molecule has 2 aromatic heterocycles. The fourth-order valence-electron chi connectivity index (χ4n) is 4.11. The van der Waals surface area contributed by atoms with E-state index in [0.29, 0.717) is 29.1 Å². The Hall–Kier alpha value is -4.24. The number of rotatable bonds is 7. The van der Waals surface area contributed by atoms with Crippen LogP contribution in [0.3, 0.4) is 0 Å². The maximum absolute atomic E-state index is 12.8. The summed E-state index contributed by atoms with van der Waals surface area (Å²) in [5.74, 6) is 0.987. The van der Waals surface area contributed by atoms with E-state index in [9.17, 15) is 4.79 Å². The van der Waals surface area contributed by atoms with Crippen LogP contribution in [0.4, 0.5) is 11.5 Å². The molecule has 9 nitrogen and oxygen atoms in total. The minimum Gasteiger partial charge on any atom is -0.496 e. The third kappa shape index (κ3) is 4.65. The molecule has 4 aromatic rings. The Morgan fingerprint density at radius 3 is 2.64 bits per heavy atom. The molecule has 0 unspecified atom stereocenters. The summed E-state index contributed by atoms with van der Waals surface area (Å²) in [7, 11) is 7.32. The topological polar surface area (TPSA) is 102 Å². The lowest BCUT2D eigenvalue weighted by molar-refractivity contribution is -0.113. The SMILES string of the molecule is COc1cc(-c2nn(-c3cccc(N(C)C(=O)C=CCN(C)C)c3C)c3ncnc(N)c23)ccc1C. The van der Waals surface area contributed by atoms with Gasteiger partial charge < -0.3 is 20.3 Å². The molecule has 2 aromatic carbocycles. The third-order valence-corrected chi connectivity index (χ3v) is 6.10. The lowest BCUT2D eigenvalue weighted by Gasteiger charge is -2.20. The Morgan fingerprint density at radius 2 is 1.92 bits per heavy atom. The van der Waals surface area contributed by atoms with Gasteiger partial charge in [-0.05, 0) is 57.3 Å². The number of anilines is 2. The van der Waals surface area contributed by atoms with Crippen LogP contribution in [-0.4, -0.2) is 65.4 Å². The van der Waals surface area contributed by atoms with Gasteiger partial charge in [-0.2, -0.15) is 5.10 Å². The van der Waals surface area contributed by atoms with Crippen molar-refractivity contribution in [1.29, 1.82) is 0 Å². The van der Waals surface area contributed by atoms with Crippen molar-refractivity contribution in [3.05, 3.63) is 66.0 Å². The largest absolute Gasteiger partial charge is 0.496 e. The quantitative estimate of drug-likeness (QED) is 0.398. The lowest BCUT2D eigenvalue weighted by atomic mass is 10.1. The number of aryl methyl sites for hydroxylation is 1. The zero-order chi connectivity index (χ0) is 26.0. The van der Waals surface area contributed by atoms with Crippen molar-refractivity contribution >= 4 is 28.4 Å². The number of nitrogens with zero attached hydrogens (tertiary/aromatic N) is 6. The van der Waals surface area contributed by atoms with Gasteiger partial charge in [-0.25, -0.2) is 14.6 Å². The molecule has 2 N–H and O–H groups in total. The van der Waals surface area contributed by atoms with Gasteiger partial charge >= 0.3 is 0 Å². The molecule has 0 saturated carbocycles. The number of likely N-dealkylation sites (N-methyl/N-ethyl adjacent to an activating group) is 2. The molecule has 0 bridgehead atoms. The van der Waals surface area contributed by atoms with Gasteiger partial charge in [-0.3, -0.25) is 4.79 Å². The molecule has 1 amide bonds. The molecule has 0 spiro atoms. The van der Waals surface area contributed by atoms with Crippen LogP contribution in [0.25, 0.3) is 28.0 Å². The van der Waals surface area contributed by atoms with Crippen molar-refractivity contribution < 1.29 is 9.53 Å². The molecule has 0 aliphatic heterocycles. The summed E-state index contributed by atoms with van der Waals surface area (Å²) in [6.07, 6.45) is 4.87. The van der Waals surface area contributed by atoms with Gasteiger partial charge in [-0.15, -0.1) is 0 Å². The molecular weight excluding hydrogens is 454 g/mol. The first-order valence-electron chi connectivity index (χ1n) is 11.6. The molecule has 0 aliphatic rings. The number of hydrogen-bond acceptors (Lipinski definition) is 7. The van der Waals surface area contributed by atoms with E-state index < -0.39 is 0 Å². The van der Waals surface area contributed by atoms with Gasteiger partial charge in [-0.1, -0.05) is 24.3 Å². The van der Waals surface area contributed by atoms with Crippen LogP contribution >= 0.6 is 0 Å². The van der Waals surface area contributed by atoms with Crippen LogP contribution in [0, 0.1) is 13.8 Å². The Balaban J connectivity index is 1.84. The van der Waals surface area contributed by atoms with Gasteiger partial charge in [0, 0.05) is 30.9 Å². The molecule has 4 rings (SSSR count). The number of amides is 1. The van der Waals surface area contributed by atoms with Crippen LogP contribution in [0.5, 0.6) is 5.75 Å². The highest BCUT2D eigenvalue weighted by Gasteiger charge is 2.21. The predicted octanol–water partition coefficient (Wildman–Crippen LogP) is 3.77. The summed E-state index contributed by atoms with van der Waals surface area (Å²) < 4.78 is 7.28. The summed E-state index contributed by atoms with van der Waals surface area (Å²) in [4.78, 5) is 25.2. The normalized spacial score (nSPS) is 11.5. The Labute approximate surface area is 210 Å². The van der Waals surface area contributed by atoms with Crippen LogP contribution in [-0.2, 0) is 4.79 Å². The summed E-state index contributed by atoms with van der Waals surface area (Å²) in [6.45, 7) is 4.63. The van der Waals surface area contributed by atoms with Gasteiger partial charge in [0.2, 0.25) is 5.91 Å². The second kappa shape index (κ2) is 10.2. The first-order valence-corrected chi connectivity index (χ1v) is 11.6. The molecule has 2 heterocycles. The number of nitrogens with two attached hydrogens (primary N) is 1. The molecule has 0 atom stereocenters. The van der Waals surface area contributed by atoms with Crippen molar-refractivity contribution in [3.8, 4) is 22.7 Å². The highest BCUT2D eigenvalue weighted by molar-refractivity contribution is 6.02. The fraction of sp³-hybridized carbons (Fsp3) is 0.259. The number of hydrogen-bond donors (Lipinski definition) is 1. The van der Waals surface area contributed by atoms with E-state index in [1.165, 1.54) is 6.33 Å². The van der Waals surface area contributed by atoms with Crippen LogP contribution in [0.1, 0.15) is 11.1 Å². The Morgan fingerprint density at radius 1 is 1.14 bits per heavy atom. The zero-order valence-electron chi connectivity index (χ0n) is 21.5. The number of benzene rings is 2. The Kier molecular flexibility index (Phi) is 7.03. The van der Waals surface area contributed by atoms with Crippen molar-refractivity contribution in [2.45, 2.75) is 13.8 Å². The number of nitrogen functional groups attached to an aromatic ring is 1. The molecule has 9 heteroatoms. The van der Waals surface area contributed by atoms with Crippen LogP contribution < -0.4 is 15.4 Å². The summed E-state index contributed by atoms with van der Waals surface area (Å²) >= 11 is 0. The van der Waals surface area contributed by atoms with Crippen LogP contribution in [0.15, 0.2) is 54.9 Å². The van der Waals surface area contributed by atoms with E-state index in [-0.39, 0.29) is 5.91 Å². The standard InChI is InChI=1S/C27H31N7O2/c1-17-12-13-19(15-22(17)36-6)25-24-26(28)29-16-30-27(24)34(31-25)21-10-7-9-20(18(21)2)33(5)23(35)11-8-14-32(3)4/h7-13,15-16H,14H2,1-6H3,(H2,28,29,30). The van der Waals surface area contributed by atoms with Gasteiger partial charge in [0.15, 0.2) is 5.65 Å². The fourth-order valence-corrected chi connectivity index (χ4v) is 4.11. The van der Waals surface area contributed by atoms with Crippen molar-refractivity contribution in [3.63, 3.8) is 0 Å². The molecule has 0 saturated heterocycles. The Bertz CT molecular complexity index is 1460. The number of fused-ring (bicyclic) bond motifs is 1. The molecule has 36 heavy (non-hydrogen) atoms. The zero-order valence-corrected chi connectivity index (χ0v) is 21.5. The summed E-state index contributed by atoms with van der Waals surface area (Å²) in [5, 5.41) is 5.58. The first-order chi connectivity index (χ1) is 17.2. The highest BCUT2D eigenvalue weighted by Crippen LogP contribution is 2.35. The van der Waals surface area contributed by atoms with E-state index in [4.69, 9.17) is 15.6 Å². The van der Waals surface area contributed by atoms with Crippen LogP contribution in [0.2, 0.25) is 0 Å². The van der Waals surface area contributed by atoms with Crippen molar-refractivity contribution in [1.82, 2.24) is 24.6 Å². The molecular formula is C27H31N7O2. The number of carbonyl (C=O) groups excluding carboxylic acids is 1. The van der Waals surface area contributed by atoms with E-state index in [0.717, 1.165) is 33.8 Å². The van der Waals surface area contributed by atoms with Gasteiger partial charge in [0.05, 0.1) is 18.2 Å². The maximum atomic E-state index is 12.8. The van der Waals surface area contributed by atoms with E-state index in [2.05, 4.69) is 9.97 Å². The molecule has 0 fully saturated rings. The van der Waals surface area contributed by atoms with Gasteiger partial charge in [0.1, 0.15) is 23.6 Å². The maximum Gasteiger partial charge on any atom is 0.250 e. The number of carbonyl (C=O) groups is 1. The lowest BCUT2D eigenvalue weighted by Crippen LogP contribution is -2.25. The second-order valence-electron chi connectivity index (χ2n) is 8.89.